The van der Waals surface area contributed by atoms with Crippen LogP contribution in [0.25, 0.3) is 32.1 Å². The molecule has 1 radical (unpaired) electrons. The van der Waals surface area contributed by atoms with E-state index in [0.29, 0.717) is 16.5 Å². The number of rotatable bonds is 10. The minimum absolute atomic E-state index is 0. The van der Waals surface area contributed by atoms with E-state index < -0.39 is 28.7 Å². The van der Waals surface area contributed by atoms with Crippen molar-refractivity contribution in [2.24, 2.45) is 0 Å². The number of pyridine rings is 1. The zero-order chi connectivity index (χ0) is 37.1. The number of carbonyl (C=O) groups excluding carboxylic acids is 1. The van der Waals surface area contributed by atoms with Gasteiger partial charge in [-0.1, -0.05) is 117 Å². The van der Waals surface area contributed by atoms with Crippen LogP contribution < -0.4 is 0 Å². The molecule has 0 saturated carbocycles. The van der Waals surface area contributed by atoms with Crippen LogP contribution in [0.3, 0.4) is 0 Å². The number of aromatic nitrogens is 1. The van der Waals surface area contributed by atoms with E-state index in [-0.39, 0.29) is 37.3 Å². The molecule has 1 N–H and O–H groups in total. The number of hydrogen-bond donors (Lipinski definition) is 1. The van der Waals surface area contributed by atoms with Gasteiger partial charge in [0.05, 0.1) is 5.38 Å². The Hall–Kier alpha value is -2.11. The number of aryl methyl sites for hydroxylation is 2. The van der Waals surface area contributed by atoms with E-state index in [1.165, 1.54) is 16.9 Å². The van der Waals surface area contributed by atoms with Crippen LogP contribution in [-0.4, -0.2) is 37.8 Å². The quantitative estimate of drug-likeness (QED) is 0.0746. The molecule has 2 heterocycles. The molecule has 2 aromatic carbocycles. The number of thiophene rings is 1. The Labute approximate surface area is 317 Å². The molecule has 2 aromatic heterocycles. The number of alkyl halides is 3. The topological polar surface area (TPSA) is 50.2 Å². The maximum absolute atomic E-state index is 12.8. The van der Waals surface area contributed by atoms with E-state index in [0.717, 1.165) is 54.6 Å². The first-order chi connectivity index (χ1) is 22.6. The number of nitrogens with zero attached hydrogens (tertiary/aromatic N) is 1. The summed E-state index contributed by atoms with van der Waals surface area (Å²) in [4.78, 5) is 17.9. The third-order valence-corrected chi connectivity index (χ3v) is 22.7. The maximum atomic E-state index is 12.8. The molecule has 4 aromatic rings. The second kappa shape index (κ2) is 17.1. The van der Waals surface area contributed by atoms with E-state index in [1.54, 1.807) is 12.3 Å². The summed E-state index contributed by atoms with van der Waals surface area (Å²) in [5, 5.41) is 14.3. The van der Waals surface area contributed by atoms with Crippen LogP contribution in [0, 0.1) is 13.0 Å². The van der Waals surface area contributed by atoms with E-state index >= 15 is 0 Å². The Morgan fingerprint density at radius 3 is 2.10 bits per heavy atom. The van der Waals surface area contributed by atoms with Gasteiger partial charge in [0.1, 0.15) is 21.6 Å². The summed E-state index contributed by atoms with van der Waals surface area (Å²) < 4.78 is 39.2. The van der Waals surface area contributed by atoms with Crippen molar-refractivity contribution in [2.75, 3.05) is 0 Å². The fourth-order valence-corrected chi connectivity index (χ4v) is 12.3. The Morgan fingerprint density at radius 1 is 1.00 bits per heavy atom. The molecule has 0 atom stereocenters. The van der Waals surface area contributed by atoms with Crippen LogP contribution in [0.1, 0.15) is 84.7 Å². The van der Waals surface area contributed by atoms with Crippen molar-refractivity contribution in [3.63, 3.8) is 0 Å². The fraction of sp³-hybridized carbons (Fsp3) is 0.500. The minimum atomic E-state index is -4.16. The minimum Gasteiger partial charge on any atom is -0.517 e. The zero-order valence-corrected chi connectivity index (χ0v) is 37.0. The molecule has 10 heteroatoms. The molecule has 0 spiro atoms. The zero-order valence-electron chi connectivity index (χ0n) is 31.8. The molecule has 0 unspecified atom stereocenters. The largest absolute Gasteiger partial charge is 0.517 e. The Kier molecular flexibility index (Phi) is 15.1. The first-order valence-corrected chi connectivity index (χ1v) is 23.8. The number of aliphatic hydroxyl groups is 1. The molecule has 0 aliphatic heterocycles. The summed E-state index contributed by atoms with van der Waals surface area (Å²) in [7, 11) is -3.82. The number of hydrogen-bond acceptors (Lipinski definition) is 4. The van der Waals surface area contributed by atoms with Gasteiger partial charge in [-0.2, -0.15) is 13.2 Å². The molecule has 4 rings (SSSR count). The Morgan fingerprint density at radius 2 is 1.58 bits per heavy atom. The summed E-state index contributed by atoms with van der Waals surface area (Å²) in [6, 6.07) is 17.6. The third-order valence-electron chi connectivity index (χ3n) is 10.8. The second-order valence-corrected chi connectivity index (χ2v) is 27.0. The SMILES string of the molecule is CC[Si](C)(CC)C(=O)/C=C(\O)[Si](C)(C(C)C)C(C)C.Cc1c(CCC(F)(F)F)sc2c(-c3[c-]c4ccccc4c(C(C)(C)C)c3)nccc12.[Ir]. The van der Waals surface area contributed by atoms with Crippen LogP contribution in [0.5, 0.6) is 0 Å². The predicted octanol–water partition coefficient (Wildman–Crippen LogP) is 13.1. The summed E-state index contributed by atoms with van der Waals surface area (Å²) in [6.07, 6.45) is -1.61. The van der Waals surface area contributed by atoms with Crippen LogP contribution in [-0.2, 0) is 36.7 Å². The van der Waals surface area contributed by atoms with Gasteiger partial charge in [0.2, 0.25) is 0 Å². The van der Waals surface area contributed by atoms with Gasteiger partial charge in [-0.3, -0.25) is 4.98 Å². The molecule has 277 valence electrons. The van der Waals surface area contributed by atoms with E-state index in [9.17, 15) is 23.1 Å². The molecule has 0 amide bonds. The van der Waals surface area contributed by atoms with Crippen molar-refractivity contribution in [3.8, 4) is 11.3 Å². The molecule has 0 fully saturated rings. The van der Waals surface area contributed by atoms with Crippen LogP contribution in [0.4, 0.5) is 13.2 Å². The third kappa shape index (κ3) is 9.85. The van der Waals surface area contributed by atoms with Gasteiger partial charge < -0.3 is 9.90 Å². The monoisotopic (exact) mass is 919 g/mol. The molecule has 50 heavy (non-hydrogen) atoms. The van der Waals surface area contributed by atoms with Gasteiger partial charge >= 0.3 is 6.18 Å². The molecular formula is C40H55F3IrNO2SSi2-. The second-order valence-electron chi connectivity index (χ2n) is 15.4. The number of aliphatic hydroxyl groups excluding tert-OH is 1. The maximum Gasteiger partial charge on any atom is 0.389 e. The number of benzene rings is 2. The standard InChI is InChI=1S/C25H23F3NS.C15H32O2Si2.Ir/c1-15-18-10-12-29-22(23(18)30-21(15)9-11-25(26,27)28)17-13-16-7-5-6-8-19(16)20(14-17)24(2,3)4;1-9-18(7,10-2)14(16)11-15(17)19(8,12(3)4)13(5)6;/h5-8,10,12,14H,9,11H2,1-4H3;11-13,17H,9-10H2,1-8H3;/q-1;;/b;15-11+;. The van der Waals surface area contributed by atoms with Gasteiger partial charge in [-0.05, 0) is 46.9 Å². The number of carbonyl (C=O) groups is 1. The van der Waals surface area contributed by atoms with Crippen LogP contribution in [0.2, 0.25) is 36.3 Å². The fourth-order valence-electron chi connectivity index (χ4n) is 6.17. The predicted molar refractivity (Wildman–Crippen MR) is 209 cm³/mol. The van der Waals surface area contributed by atoms with Crippen molar-refractivity contribution in [1.29, 1.82) is 0 Å². The van der Waals surface area contributed by atoms with Crippen molar-refractivity contribution in [3.05, 3.63) is 76.1 Å². The average molecular weight is 919 g/mol. The summed E-state index contributed by atoms with van der Waals surface area (Å²) >= 11 is 1.42. The molecule has 0 bridgehead atoms. The molecule has 0 aliphatic rings. The van der Waals surface area contributed by atoms with E-state index in [2.05, 4.69) is 98.6 Å². The average Bonchev–Trinajstić information content (AvgIpc) is 3.36. The molecule has 0 saturated heterocycles. The van der Waals surface area contributed by atoms with Crippen LogP contribution >= 0.6 is 11.3 Å². The number of fused-ring (bicyclic) bond motifs is 2. The Bertz CT molecular complexity index is 1800. The summed E-state index contributed by atoms with van der Waals surface area (Å²) in [5.41, 5.74) is 4.60. The van der Waals surface area contributed by atoms with Crippen molar-refractivity contribution < 1.29 is 43.2 Å². The smallest absolute Gasteiger partial charge is 0.389 e. The number of allylic oxidation sites excluding steroid dienone is 1. The first kappa shape index (κ1) is 44.1. The molecule has 3 nitrogen and oxygen atoms in total. The van der Waals surface area contributed by atoms with Gasteiger partial charge in [0, 0.05) is 54.1 Å². The molecule has 0 aliphatic carbocycles. The Balaban J connectivity index is 0.000000379. The first-order valence-electron chi connectivity index (χ1n) is 17.5. The van der Waals surface area contributed by atoms with Gasteiger partial charge in [0.25, 0.3) is 0 Å². The number of halogens is 3. The summed E-state index contributed by atoms with van der Waals surface area (Å²) in [6.45, 7) is 25.6. The van der Waals surface area contributed by atoms with Gasteiger partial charge in [0.15, 0.2) is 0 Å². The van der Waals surface area contributed by atoms with Gasteiger partial charge in [-0.15, -0.1) is 40.5 Å². The van der Waals surface area contributed by atoms with E-state index in [1.807, 2.05) is 31.2 Å². The van der Waals surface area contributed by atoms with E-state index in [4.69, 9.17) is 0 Å². The van der Waals surface area contributed by atoms with Crippen molar-refractivity contribution in [2.45, 2.75) is 130 Å². The van der Waals surface area contributed by atoms with Crippen LogP contribution in [0.15, 0.2) is 54.1 Å². The molecular weight excluding hydrogens is 864 g/mol. The summed E-state index contributed by atoms with van der Waals surface area (Å²) in [5.74, 6) is 0. The van der Waals surface area contributed by atoms with Gasteiger partial charge in [-0.25, -0.2) is 0 Å². The normalized spacial score (nSPS) is 13.1. The van der Waals surface area contributed by atoms with Crippen molar-refractivity contribution >= 4 is 53.7 Å². The van der Waals surface area contributed by atoms with Crippen molar-refractivity contribution in [1.82, 2.24) is 4.98 Å².